The lowest BCUT2D eigenvalue weighted by molar-refractivity contribution is -0.0235. The highest BCUT2D eigenvalue weighted by Gasteiger charge is 2.39. The fraction of sp³-hybridized carbons (Fsp3) is 0.647. The van der Waals surface area contributed by atoms with Gasteiger partial charge in [0.2, 0.25) is 0 Å². The molecule has 1 amide bonds. The number of carbonyl (C=O) groups excluding carboxylic acids is 1. The molecule has 1 aromatic heterocycles. The molecule has 0 bridgehead atoms. The molecule has 2 aliphatic rings. The molecule has 2 fully saturated rings. The Kier molecular flexibility index (Phi) is 4.43. The van der Waals surface area contributed by atoms with Crippen molar-refractivity contribution in [1.82, 2.24) is 4.90 Å². The van der Waals surface area contributed by atoms with E-state index in [1.807, 2.05) is 11.8 Å². The number of furan rings is 1. The van der Waals surface area contributed by atoms with Gasteiger partial charge in [-0.2, -0.15) is 0 Å². The smallest absolute Gasteiger partial charge is 0.339 e. The molecule has 3 rings (SSSR count). The second-order valence-corrected chi connectivity index (χ2v) is 6.55. The van der Waals surface area contributed by atoms with Gasteiger partial charge < -0.3 is 19.2 Å². The Hall–Kier alpha value is -1.82. The van der Waals surface area contributed by atoms with Gasteiger partial charge in [0.05, 0.1) is 0 Å². The summed E-state index contributed by atoms with van der Waals surface area (Å²) in [6.07, 6.45) is 4.51. The van der Waals surface area contributed by atoms with Crippen molar-refractivity contribution in [3.63, 3.8) is 0 Å². The zero-order valence-electron chi connectivity index (χ0n) is 13.5. The topological polar surface area (TPSA) is 80.0 Å². The third-order valence-electron chi connectivity index (χ3n) is 5.07. The molecule has 2 saturated heterocycles. The minimum atomic E-state index is -1.05. The first-order valence-electron chi connectivity index (χ1n) is 8.28. The first kappa shape index (κ1) is 16.1. The minimum Gasteiger partial charge on any atom is -0.478 e. The maximum absolute atomic E-state index is 12.7. The molecular weight excluding hydrogens is 298 g/mol. The van der Waals surface area contributed by atoms with Gasteiger partial charge in [0.25, 0.3) is 5.91 Å². The van der Waals surface area contributed by atoms with Crippen LogP contribution < -0.4 is 0 Å². The van der Waals surface area contributed by atoms with Crippen LogP contribution in [0.25, 0.3) is 0 Å². The van der Waals surface area contributed by atoms with Crippen molar-refractivity contribution in [3.05, 3.63) is 23.2 Å². The van der Waals surface area contributed by atoms with Crippen LogP contribution in [0.15, 0.2) is 10.5 Å². The Labute approximate surface area is 135 Å². The molecule has 1 spiro atoms. The first-order valence-corrected chi connectivity index (χ1v) is 8.28. The van der Waals surface area contributed by atoms with Gasteiger partial charge in [0.1, 0.15) is 11.3 Å². The van der Waals surface area contributed by atoms with Gasteiger partial charge in [0, 0.05) is 38.8 Å². The van der Waals surface area contributed by atoms with Crippen LogP contribution in [0.4, 0.5) is 0 Å². The van der Waals surface area contributed by atoms with E-state index >= 15 is 0 Å². The number of amides is 1. The standard InChI is InChI=1S/C17H23NO5/c1-2-13-12(16(20)21)10-14(23-13)15(19)18-7-3-4-17(11-18)5-8-22-9-6-17/h10H,2-9,11H2,1H3,(H,20,21). The number of piperidine rings is 1. The van der Waals surface area contributed by atoms with Crippen LogP contribution in [0.5, 0.6) is 0 Å². The molecule has 0 atom stereocenters. The summed E-state index contributed by atoms with van der Waals surface area (Å²) in [7, 11) is 0. The van der Waals surface area contributed by atoms with Gasteiger partial charge in [-0.1, -0.05) is 6.92 Å². The molecule has 0 radical (unpaired) electrons. The maximum Gasteiger partial charge on any atom is 0.339 e. The number of aromatic carboxylic acids is 1. The zero-order valence-corrected chi connectivity index (χ0v) is 13.5. The van der Waals surface area contributed by atoms with Gasteiger partial charge >= 0.3 is 5.97 Å². The Morgan fingerprint density at radius 2 is 2.04 bits per heavy atom. The number of carbonyl (C=O) groups is 2. The van der Waals surface area contributed by atoms with E-state index in [4.69, 9.17) is 9.15 Å². The fourth-order valence-corrected chi connectivity index (χ4v) is 3.73. The van der Waals surface area contributed by atoms with Gasteiger partial charge in [0.15, 0.2) is 5.76 Å². The molecule has 3 heterocycles. The number of carboxylic acid groups (broad SMARTS) is 1. The fourth-order valence-electron chi connectivity index (χ4n) is 3.73. The second kappa shape index (κ2) is 6.35. The largest absolute Gasteiger partial charge is 0.478 e. The van der Waals surface area contributed by atoms with Crippen molar-refractivity contribution >= 4 is 11.9 Å². The van der Waals surface area contributed by atoms with E-state index in [2.05, 4.69) is 0 Å². The monoisotopic (exact) mass is 321 g/mol. The van der Waals surface area contributed by atoms with Crippen LogP contribution in [0, 0.1) is 5.41 Å². The SMILES string of the molecule is CCc1oc(C(=O)N2CCCC3(CCOCC3)C2)cc1C(=O)O. The highest BCUT2D eigenvalue weighted by molar-refractivity contribution is 5.96. The van der Waals surface area contributed by atoms with E-state index in [1.54, 1.807) is 0 Å². The van der Waals surface area contributed by atoms with Crippen molar-refractivity contribution in [1.29, 1.82) is 0 Å². The number of nitrogens with zero attached hydrogens (tertiary/aromatic N) is 1. The van der Waals surface area contributed by atoms with Crippen molar-refractivity contribution in [2.45, 2.75) is 39.0 Å². The Morgan fingerprint density at radius 1 is 1.30 bits per heavy atom. The van der Waals surface area contributed by atoms with Crippen LogP contribution in [0.3, 0.4) is 0 Å². The van der Waals surface area contributed by atoms with Crippen molar-refractivity contribution in [3.8, 4) is 0 Å². The number of ether oxygens (including phenoxy) is 1. The maximum atomic E-state index is 12.7. The lowest BCUT2D eigenvalue weighted by Crippen LogP contribution is -2.48. The van der Waals surface area contributed by atoms with E-state index in [-0.39, 0.29) is 22.6 Å². The highest BCUT2D eigenvalue weighted by atomic mass is 16.5. The first-order chi connectivity index (χ1) is 11.0. The summed E-state index contributed by atoms with van der Waals surface area (Å²) in [5, 5.41) is 9.20. The van der Waals surface area contributed by atoms with E-state index < -0.39 is 5.97 Å². The van der Waals surface area contributed by atoms with Crippen molar-refractivity contribution in [2.24, 2.45) is 5.41 Å². The van der Waals surface area contributed by atoms with Crippen LogP contribution in [-0.2, 0) is 11.2 Å². The Bertz CT molecular complexity index is 595. The summed E-state index contributed by atoms with van der Waals surface area (Å²) in [5.74, 6) is -0.746. The van der Waals surface area contributed by atoms with E-state index in [0.717, 1.165) is 38.9 Å². The summed E-state index contributed by atoms with van der Waals surface area (Å²) in [6, 6.07) is 1.37. The molecule has 0 unspecified atom stereocenters. The number of hydrogen-bond donors (Lipinski definition) is 1. The molecular formula is C17H23NO5. The van der Waals surface area contributed by atoms with Crippen LogP contribution >= 0.6 is 0 Å². The third kappa shape index (κ3) is 3.13. The van der Waals surface area contributed by atoms with Gasteiger partial charge in [-0.15, -0.1) is 0 Å². The molecule has 1 aromatic rings. The Morgan fingerprint density at radius 3 is 2.65 bits per heavy atom. The Balaban J connectivity index is 1.78. The molecule has 1 N–H and O–H groups in total. The number of hydrogen-bond acceptors (Lipinski definition) is 4. The molecule has 2 aliphatic heterocycles. The number of rotatable bonds is 3. The predicted molar refractivity (Wildman–Crippen MR) is 82.7 cm³/mol. The highest BCUT2D eigenvalue weighted by Crippen LogP contribution is 2.39. The lowest BCUT2D eigenvalue weighted by atomic mass is 9.74. The van der Waals surface area contributed by atoms with Gasteiger partial charge in [-0.25, -0.2) is 4.79 Å². The second-order valence-electron chi connectivity index (χ2n) is 6.55. The molecule has 6 heteroatoms. The van der Waals surface area contributed by atoms with Crippen molar-refractivity contribution in [2.75, 3.05) is 26.3 Å². The van der Waals surface area contributed by atoms with Crippen molar-refractivity contribution < 1.29 is 23.8 Å². The van der Waals surface area contributed by atoms with Gasteiger partial charge in [-0.3, -0.25) is 4.79 Å². The third-order valence-corrected chi connectivity index (χ3v) is 5.07. The van der Waals surface area contributed by atoms with Crippen LogP contribution in [-0.4, -0.2) is 48.2 Å². The van der Waals surface area contributed by atoms with Crippen LogP contribution in [0.2, 0.25) is 0 Å². The summed E-state index contributed by atoms with van der Waals surface area (Å²) in [4.78, 5) is 25.8. The van der Waals surface area contributed by atoms with Gasteiger partial charge in [-0.05, 0) is 31.1 Å². The summed E-state index contributed by atoms with van der Waals surface area (Å²) in [5.41, 5.74) is 0.246. The predicted octanol–water partition coefficient (Wildman–Crippen LogP) is 2.57. The molecule has 6 nitrogen and oxygen atoms in total. The zero-order chi connectivity index (χ0) is 16.4. The van der Waals surface area contributed by atoms with E-state index in [1.165, 1.54) is 6.07 Å². The van der Waals surface area contributed by atoms with Crippen LogP contribution in [0.1, 0.15) is 59.3 Å². The molecule has 0 aliphatic carbocycles. The van der Waals surface area contributed by atoms with E-state index in [9.17, 15) is 14.7 Å². The molecule has 0 aromatic carbocycles. The summed E-state index contributed by atoms with van der Waals surface area (Å²) in [6.45, 7) is 4.74. The average Bonchev–Trinajstić information content (AvgIpc) is 2.99. The number of aryl methyl sites for hydroxylation is 1. The normalized spacial score (nSPS) is 20.7. The molecule has 23 heavy (non-hydrogen) atoms. The molecule has 0 saturated carbocycles. The summed E-state index contributed by atoms with van der Waals surface area (Å²) >= 11 is 0. The summed E-state index contributed by atoms with van der Waals surface area (Å²) < 4.78 is 11.0. The van der Waals surface area contributed by atoms with E-state index in [0.29, 0.717) is 25.3 Å². The number of carboxylic acids is 1. The number of likely N-dealkylation sites (tertiary alicyclic amines) is 1. The quantitative estimate of drug-likeness (QED) is 0.925. The minimum absolute atomic E-state index is 0.0913. The lowest BCUT2D eigenvalue weighted by Gasteiger charge is -2.44. The molecule has 126 valence electrons. The average molecular weight is 321 g/mol.